The first kappa shape index (κ1) is 21.2. The average Bonchev–Trinajstić information content (AvgIpc) is 2.99. The zero-order valence-corrected chi connectivity index (χ0v) is 17.3. The fourth-order valence-electron chi connectivity index (χ4n) is 2.77. The van der Waals surface area contributed by atoms with Crippen LogP contribution in [0.15, 0.2) is 17.4 Å². The van der Waals surface area contributed by atoms with Gasteiger partial charge in [0.1, 0.15) is 0 Å². The Morgan fingerprint density at radius 3 is 2.71 bits per heavy atom. The molecule has 138 valence electrons. The summed E-state index contributed by atoms with van der Waals surface area (Å²) in [5, 5.41) is 10.9. The van der Waals surface area contributed by atoms with Crippen molar-refractivity contribution in [2.24, 2.45) is 12.0 Å². The molecular formula is C16H31IN6O. The van der Waals surface area contributed by atoms with E-state index in [0.717, 1.165) is 57.1 Å². The molecule has 8 heteroatoms. The van der Waals surface area contributed by atoms with Crippen LogP contribution in [0.1, 0.15) is 25.3 Å². The maximum Gasteiger partial charge on any atom is 0.191 e. The van der Waals surface area contributed by atoms with Crippen LogP contribution in [0, 0.1) is 0 Å². The summed E-state index contributed by atoms with van der Waals surface area (Å²) in [4.78, 5) is 7.09. The van der Waals surface area contributed by atoms with Gasteiger partial charge in [0, 0.05) is 58.6 Å². The number of aromatic nitrogens is 2. The summed E-state index contributed by atoms with van der Waals surface area (Å²) in [6, 6.07) is 0. The molecule has 0 aromatic carbocycles. The largest absolute Gasteiger partial charge is 0.381 e. The maximum atomic E-state index is 5.41. The molecule has 0 radical (unpaired) electrons. The second-order valence-corrected chi connectivity index (χ2v) is 5.92. The molecule has 1 aromatic rings. The van der Waals surface area contributed by atoms with Gasteiger partial charge in [-0.1, -0.05) is 0 Å². The van der Waals surface area contributed by atoms with Crippen LogP contribution in [0.2, 0.25) is 0 Å². The third kappa shape index (κ3) is 7.35. The van der Waals surface area contributed by atoms with E-state index in [1.165, 1.54) is 0 Å². The number of hydrogen-bond donors (Lipinski definition) is 2. The third-order valence-electron chi connectivity index (χ3n) is 4.11. The van der Waals surface area contributed by atoms with Crippen LogP contribution in [-0.4, -0.2) is 66.6 Å². The highest BCUT2D eigenvalue weighted by Crippen LogP contribution is 2.11. The van der Waals surface area contributed by atoms with E-state index in [2.05, 4.69) is 32.5 Å². The minimum Gasteiger partial charge on any atom is -0.381 e. The molecule has 2 N–H and O–H groups in total. The van der Waals surface area contributed by atoms with Crippen LogP contribution in [-0.2, 0) is 18.3 Å². The van der Waals surface area contributed by atoms with Crippen molar-refractivity contribution in [3.05, 3.63) is 18.0 Å². The number of halogens is 1. The molecule has 2 rings (SSSR count). The van der Waals surface area contributed by atoms with Crippen molar-refractivity contribution in [1.82, 2.24) is 25.3 Å². The van der Waals surface area contributed by atoms with Gasteiger partial charge in [-0.25, -0.2) is 4.99 Å². The molecule has 0 atom stereocenters. The van der Waals surface area contributed by atoms with Crippen molar-refractivity contribution in [2.75, 3.05) is 39.8 Å². The van der Waals surface area contributed by atoms with Crippen LogP contribution in [0.4, 0.5) is 0 Å². The molecule has 1 saturated heterocycles. The van der Waals surface area contributed by atoms with E-state index in [1.54, 1.807) is 4.68 Å². The molecule has 2 heterocycles. The molecule has 0 amide bonds. The van der Waals surface area contributed by atoms with E-state index in [-0.39, 0.29) is 24.0 Å². The lowest BCUT2D eigenvalue weighted by molar-refractivity contribution is 0.0417. The number of methoxy groups -OCH3 is 1. The Hall–Kier alpha value is -0.870. The Morgan fingerprint density at radius 1 is 1.38 bits per heavy atom. The zero-order valence-electron chi connectivity index (χ0n) is 15.0. The topological polar surface area (TPSA) is 66.7 Å². The molecule has 24 heavy (non-hydrogen) atoms. The van der Waals surface area contributed by atoms with Crippen molar-refractivity contribution in [3.8, 4) is 0 Å². The molecule has 1 aliphatic heterocycles. The van der Waals surface area contributed by atoms with Gasteiger partial charge < -0.3 is 20.3 Å². The fourth-order valence-corrected chi connectivity index (χ4v) is 2.77. The highest BCUT2D eigenvalue weighted by atomic mass is 127. The predicted molar refractivity (Wildman–Crippen MR) is 108 cm³/mol. The number of nitrogens with one attached hydrogen (secondary N) is 2. The maximum absolute atomic E-state index is 5.41. The Bertz CT molecular complexity index is 485. The van der Waals surface area contributed by atoms with Crippen LogP contribution >= 0.6 is 24.0 Å². The van der Waals surface area contributed by atoms with Crippen LogP contribution in [0.25, 0.3) is 0 Å². The van der Waals surface area contributed by atoms with E-state index < -0.39 is 0 Å². The summed E-state index contributed by atoms with van der Waals surface area (Å²) in [6.07, 6.45) is 6.55. The molecule has 1 aromatic heterocycles. The summed E-state index contributed by atoms with van der Waals surface area (Å²) < 4.78 is 7.21. The lowest BCUT2D eigenvalue weighted by Crippen LogP contribution is -2.44. The van der Waals surface area contributed by atoms with Crippen molar-refractivity contribution >= 4 is 29.9 Å². The molecule has 1 aliphatic rings. The minimum atomic E-state index is 0. The van der Waals surface area contributed by atoms with Gasteiger partial charge in [0.15, 0.2) is 5.96 Å². The number of hydrogen-bond acceptors (Lipinski definition) is 4. The Morgan fingerprint density at radius 2 is 2.12 bits per heavy atom. The number of aryl methyl sites for hydroxylation is 1. The Kier molecular flexibility index (Phi) is 10.3. The van der Waals surface area contributed by atoms with Gasteiger partial charge >= 0.3 is 0 Å². The molecule has 0 unspecified atom stereocenters. The third-order valence-corrected chi connectivity index (χ3v) is 4.11. The van der Waals surface area contributed by atoms with Crippen LogP contribution in [0.3, 0.4) is 0 Å². The van der Waals surface area contributed by atoms with Crippen molar-refractivity contribution in [1.29, 1.82) is 0 Å². The number of aliphatic imine (C=N–C) groups is 1. The predicted octanol–water partition coefficient (Wildman–Crippen LogP) is 1.20. The van der Waals surface area contributed by atoms with Gasteiger partial charge in [-0.3, -0.25) is 4.68 Å². The van der Waals surface area contributed by atoms with Gasteiger partial charge in [0.2, 0.25) is 0 Å². The monoisotopic (exact) mass is 450 g/mol. The lowest BCUT2D eigenvalue weighted by Gasteiger charge is -2.31. The van der Waals surface area contributed by atoms with Crippen LogP contribution < -0.4 is 10.6 Å². The number of nitrogens with zero attached hydrogens (tertiary/aromatic N) is 4. The highest BCUT2D eigenvalue weighted by molar-refractivity contribution is 14.0. The smallest absolute Gasteiger partial charge is 0.191 e. The SMILES string of the molecule is CCNC(=NCc1cnn(C)c1)NCCN1CCC(OC)CC1.I. The van der Waals surface area contributed by atoms with E-state index in [1.807, 2.05) is 26.6 Å². The first-order chi connectivity index (χ1) is 11.2. The van der Waals surface area contributed by atoms with Gasteiger partial charge in [-0.2, -0.15) is 5.10 Å². The van der Waals surface area contributed by atoms with E-state index >= 15 is 0 Å². The standard InChI is InChI=1S/C16H30N6O.HI/c1-4-17-16(19-11-14-12-20-21(2)13-14)18-7-10-22-8-5-15(23-3)6-9-22;/h12-13,15H,4-11H2,1-3H3,(H2,17,18,19);1H. The minimum absolute atomic E-state index is 0. The first-order valence-electron chi connectivity index (χ1n) is 8.46. The lowest BCUT2D eigenvalue weighted by atomic mass is 10.1. The fraction of sp³-hybridized carbons (Fsp3) is 0.750. The second kappa shape index (κ2) is 11.6. The number of ether oxygens (including phenoxy) is 1. The molecule has 0 spiro atoms. The zero-order chi connectivity index (χ0) is 16.5. The van der Waals surface area contributed by atoms with Gasteiger partial charge in [-0.15, -0.1) is 24.0 Å². The summed E-state index contributed by atoms with van der Waals surface area (Å²) in [6.45, 7) is 7.74. The Labute approximate surface area is 162 Å². The molecule has 0 bridgehead atoms. The molecule has 1 fully saturated rings. The summed E-state index contributed by atoms with van der Waals surface area (Å²) in [5.74, 6) is 0.864. The second-order valence-electron chi connectivity index (χ2n) is 5.92. The molecular weight excluding hydrogens is 419 g/mol. The first-order valence-corrected chi connectivity index (χ1v) is 8.46. The molecule has 0 saturated carbocycles. The van der Waals surface area contributed by atoms with Gasteiger partial charge in [0.25, 0.3) is 0 Å². The van der Waals surface area contributed by atoms with Gasteiger partial charge in [-0.05, 0) is 19.8 Å². The number of likely N-dealkylation sites (tertiary alicyclic amines) is 1. The number of rotatable bonds is 7. The summed E-state index contributed by atoms with van der Waals surface area (Å²) in [7, 11) is 3.73. The van der Waals surface area contributed by atoms with E-state index in [4.69, 9.17) is 4.74 Å². The van der Waals surface area contributed by atoms with Crippen molar-refractivity contribution in [3.63, 3.8) is 0 Å². The summed E-state index contributed by atoms with van der Waals surface area (Å²) in [5.41, 5.74) is 1.12. The average molecular weight is 450 g/mol. The number of guanidine groups is 1. The highest BCUT2D eigenvalue weighted by Gasteiger charge is 2.17. The Balaban J connectivity index is 0.00000288. The van der Waals surface area contributed by atoms with E-state index in [0.29, 0.717) is 12.6 Å². The summed E-state index contributed by atoms with van der Waals surface area (Å²) >= 11 is 0. The quantitative estimate of drug-likeness (QED) is 0.372. The van der Waals surface area contributed by atoms with Gasteiger partial charge in [0.05, 0.1) is 18.8 Å². The van der Waals surface area contributed by atoms with Crippen LogP contribution in [0.5, 0.6) is 0 Å². The normalized spacial score (nSPS) is 16.7. The van der Waals surface area contributed by atoms with Crippen molar-refractivity contribution < 1.29 is 4.74 Å². The van der Waals surface area contributed by atoms with Crippen molar-refractivity contribution in [2.45, 2.75) is 32.4 Å². The molecule has 0 aliphatic carbocycles. The number of piperidine rings is 1. The molecule has 7 nitrogen and oxygen atoms in total. The van der Waals surface area contributed by atoms with E-state index in [9.17, 15) is 0 Å².